The maximum atomic E-state index is 12.5. The first kappa shape index (κ1) is 14.1. The van der Waals surface area contributed by atoms with Gasteiger partial charge in [-0.05, 0) is 25.0 Å². The topological polar surface area (TPSA) is 57.6 Å². The van der Waals surface area contributed by atoms with Crippen molar-refractivity contribution in [2.45, 2.75) is 23.8 Å². The standard InChI is InChI=1S/C11H13Cl2NO3S/c12-9-4-1-5-10(13)11(9)18(16,17)14-6-2-3-8(14)7-15/h1,4-5,8,15H,2-3,6-7H2/t8-/m0/s1. The molecule has 7 heteroatoms. The molecule has 0 bridgehead atoms. The van der Waals surface area contributed by atoms with Crippen LogP contribution in [-0.2, 0) is 10.0 Å². The summed E-state index contributed by atoms with van der Waals surface area (Å²) in [4.78, 5) is -0.0753. The number of hydrogen-bond donors (Lipinski definition) is 1. The first-order valence-corrected chi connectivity index (χ1v) is 7.75. The molecule has 0 saturated carbocycles. The Morgan fingerprint density at radius 3 is 2.50 bits per heavy atom. The number of rotatable bonds is 3. The van der Waals surface area contributed by atoms with Crippen molar-refractivity contribution in [1.29, 1.82) is 0 Å². The van der Waals surface area contributed by atoms with Crippen molar-refractivity contribution in [3.05, 3.63) is 28.2 Å². The van der Waals surface area contributed by atoms with Crippen molar-refractivity contribution >= 4 is 33.2 Å². The second kappa shape index (κ2) is 5.35. The van der Waals surface area contributed by atoms with Crippen LogP contribution in [0.1, 0.15) is 12.8 Å². The van der Waals surface area contributed by atoms with Gasteiger partial charge in [0.1, 0.15) is 4.90 Å². The van der Waals surface area contributed by atoms with Crippen LogP contribution in [-0.4, -0.2) is 37.0 Å². The molecule has 1 aromatic carbocycles. The molecule has 1 saturated heterocycles. The van der Waals surface area contributed by atoms with Crippen LogP contribution in [0.15, 0.2) is 23.1 Å². The second-order valence-electron chi connectivity index (χ2n) is 4.15. The minimum absolute atomic E-state index is 0.0753. The first-order chi connectivity index (χ1) is 8.48. The highest BCUT2D eigenvalue weighted by atomic mass is 35.5. The van der Waals surface area contributed by atoms with Gasteiger partial charge in [-0.15, -0.1) is 0 Å². The molecule has 1 aliphatic heterocycles. The van der Waals surface area contributed by atoms with Crippen LogP contribution >= 0.6 is 23.2 Å². The van der Waals surface area contributed by atoms with Crippen molar-refractivity contribution in [2.24, 2.45) is 0 Å². The molecule has 100 valence electrons. The second-order valence-corrected chi connectivity index (χ2v) is 6.79. The van der Waals surface area contributed by atoms with E-state index in [0.29, 0.717) is 13.0 Å². The van der Waals surface area contributed by atoms with E-state index < -0.39 is 10.0 Å². The van der Waals surface area contributed by atoms with Gasteiger partial charge in [0.15, 0.2) is 0 Å². The molecule has 1 aliphatic rings. The zero-order valence-electron chi connectivity index (χ0n) is 9.51. The molecule has 0 amide bonds. The first-order valence-electron chi connectivity index (χ1n) is 5.55. The molecular formula is C11H13Cl2NO3S. The van der Waals surface area contributed by atoms with Gasteiger partial charge in [-0.25, -0.2) is 8.42 Å². The van der Waals surface area contributed by atoms with Gasteiger partial charge in [-0.3, -0.25) is 0 Å². The Morgan fingerprint density at radius 1 is 1.33 bits per heavy atom. The molecule has 0 radical (unpaired) electrons. The molecule has 0 spiro atoms. The highest BCUT2D eigenvalue weighted by molar-refractivity contribution is 7.89. The summed E-state index contributed by atoms with van der Waals surface area (Å²) < 4.78 is 26.3. The number of aliphatic hydroxyl groups excluding tert-OH is 1. The van der Waals surface area contributed by atoms with E-state index in [4.69, 9.17) is 23.2 Å². The van der Waals surface area contributed by atoms with Crippen LogP contribution < -0.4 is 0 Å². The third-order valence-corrected chi connectivity index (χ3v) is 5.93. The summed E-state index contributed by atoms with van der Waals surface area (Å²) in [6.07, 6.45) is 1.38. The molecule has 0 unspecified atom stereocenters. The van der Waals surface area contributed by atoms with Gasteiger partial charge in [-0.2, -0.15) is 4.31 Å². The highest BCUT2D eigenvalue weighted by Crippen LogP contribution is 2.34. The smallest absolute Gasteiger partial charge is 0.246 e. The minimum Gasteiger partial charge on any atom is -0.395 e. The van der Waals surface area contributed by atoms with Gasteiger partial charge in [0.05, 0.1) is 16.7 Å². The van der Waals surface area contributed by atoms with Crippen LogP contribution in [0.5, 0.6) is 0 Å². The lowest BCUT2D eigenvalue weighted by Gasteiger charge is -2.23. The Hall–Kier alpha value is -0.330. The van der Waals surface area contributed by atoms with Gasteiger partial charge in [-0.1, -0.05) is 29.3 Å². The van der Waals surface area contributed by atoms with Crippen molar-refractivity contribution in [1.82, 2.24) is 4.31 Å². The monoisotopic (exact) mass is 309 g/mol. The molecule has 1 atom stereocenters. The van der Waals surface area contributed by atoms with Crippen LogP contribution in [0.25, 0.3) is 0 Å². The van der Waals surface area contributed by atoms with E-state index in [2.05, 4.69) is 0 Å². The van der Waals surface area contributed by atoms with E-state index in [1.54, 1.807) is 6.07 Å². The van der Waals surface area contributed by atoms with Gasteiger partial charge >= 0.3 is 0 Å². The van der Waals surface area contributed by atoms with Crippen LogP contribution in [0.4, 0.5) is 0 Å². The van der Waals surface area contributed by atoms with E-state index >= 15 is 0 Å². The Bertz CT molecular complexity index is 527. The quantitative estimate of drug-likeness (QED) is 0.930. The molecule has 18 heavy (non-hydrogen) atoms. The zero-order chi connectivity index (χ0) is 13.3. The van der Waals surface area contributed by atoms with Crippen molar-refractivity contribution in [3.63, 3.8) is 0 Å². The molecule has 2 rings (SSSR count). The number of hydrogen-bond acceptors (Lipinski definition) is 3. The lowest BCUT2D eigenvalue weighted by Crippen LogP contribution is -2.37. The fourth-order valence-corrected chi connectivity index (χ4v) is 4.93. The molecule has 1 N–H and O–H groups in total. The predicted octanol–water partition coefficient (Wildman–Crippen LogP) is 2.14. The van der Waals surface area contributed by atoms with Crippen molar-refractivity contribution in [2.75, 3.05) is 13.2 Å². The lowest BCUT2D eigenvalue weighted by atomic mass is 10.2. The Kier molecular flexibility index (Phi) is 4.18. The van der Waals surface area contributed by atoms with E-state index in [1.807, 2.05) is 0 Å². The SMILES string of the molecule is O=S(=O)(c1c(Cl)cccc1Cl)N1CCC[C@H]1CO. The molecule has 4 nitrogen and oxygen atoms in total. The molecule has 0 aliphatic carbocycles. The fourth-order valence-electron chi connectivity index (χ4n) is 2.15. The maximum Gasteiger partial charge on any atom is 0.246 e. The lowest BCUT2D eigenvalue weighted by molar-refractivity contribution is 0.213. The maximum absolute atomic E-state index is 12.5. The molecule has 0 aromatic heterocycles. The average molecular weight is 310 g/mol. The highest BCUT2D eigenvalue weighted by Gasteiger charge is 2.37. The Morgan fingerprint density at radius 2 is 1.94 bits per heavy atom. The van der Waals surface area contributed by atoms with Crippen LogP contribution in [0.3, 0.4) is 0 Å². The third-order valence-electron chi connectivity index (χ3n) is 3.02. The molecule has 1 heterocycles. The largest absolute Gasteiger partial charge is 0.395 e. The molecular weight excluding hydrogens is 297 g/mol. The number of halogens is 2. The summed E-state index contributed by atoms with van der Waals surface area (Å²) in [6.45, 7) is 0.191. The Balaban J connectivity index is 2.49. The normalized spacial score (nSPS) is 21.4. The third kappa shape index (κ3) is 2.38. The summed E-state index contributed by atoms with van der Waals surface area (Å²) in [5.41, 5.74) is 0. The fraction of sp³-hybridized carbons (Fsp3) is 0.455. The summed E-state index contributed by atoms with van der Waals surface area (Å²) in [5.74, 6) is 0. The van der Waals surface area contributed by atoms with Gasteiger partial charge in [0.25, 0.3) is 0 Å². The average Bonchev–Trinajstić information content (AvgIpc) is 2.77. The Labute approximate surface area is 116 Å². The van der Waals surface area contributed by atoms with E-state index in [9.17, 15) is 13.5 Å². The zero-order valence-corrected chi connectivity index (χ0v) is 11.8. The van der Waals surface area contributed by atoms with E-state index in [0.717, 1.165) is 6.42 Å². The molecule has 1 aromatic rings. The van der Waals surface area contributed by atoms with E-state index in [1.165, 1.54) is 16.4 Å². The van der Waals surface area contributed by atoms with Gasteiger partial charge < -0.3 is 5.11 Å². The summed E-state index contributed by atoms with van der Waals surface area (Å²) in [6, 6.07) is 4.19. The minimum atomic E-state index is -3.75. The summed E-state index contributed by atoms with van der Waals surface area (Å²) in [7, 11) is -3.75. The number of aliphatic hydroxyl groups is 1. The van der Waals surface area contributed by atoms with Crippen LogP contribution in [0.2, 0.25) is 10.0 Å². The predicted molar refractivity (Wildman–Crippen MR) is 70.5 cm³/mol. The van der Waals surface area contributed by atoms with Crippen molar-refractivity contribution in [3.8, 4) is 0 Å². The van der Waals surface area contributed by atoms with Gasteiger partial charge in [0.2, 0.25) is 10.0 Å². The summed E-state index contributed by atoms with van der Waals surface area (Å²) in [5, 5.41) is 9.42. The van der Waals surface area contributed by atoms with Crippen LogP contribution in [0, 0.1) is 0 Å². The van der Waals surface area contributed by atoms with E-state index in [-0.39, 0.29) is 27.6 Å². The van der Waals surface area contributed by atoms with Gasteiger partial charge in [0, 0.05) is 12.6 Å². The molecule has 1 fully saturated rings. The number of sulfonamides is 1. The van der Waals surface area contributed by atoms with Crippen molar-refractivity contribution < 1.29 is 13.5 Å². The number of benzene rings is 1. The number of nitrogens with zero attached hydrogens (tertiary/aromatic N) is 1. The summed E-state index contributed by atoms with van der Waals surface area (Å²) >= 11 is 11.9.